The summed E-state index contributed by atoms with van der Waals surface area (Å²) in [5, 5.41) is 11.1. The zero-order valence-corrected chi connectivity index (χ0v) is 7.96. The molecule has 1 heterocycles. The number of rotatable bonds is 0. The van der Waals surface area contributed by atoms with Crippen LogP contribution in [-0.4, -0.2) is 10.1 Å². The van der Waals surface area contributed by atoms with Crippen molar-refractivity contribution < 1.29 is 5.11 Å². The topological polar surface area (TPSA) is 36.0 Å². The number of benzene rings is 1. The molecule has 0 bridgehead atoms. The molecule has 0 aliphatic heterocycles. The first kappa shape index (κ1) is 8.06. The normalized spacial score (nSPS) is 21.1. The summed E-state index contributed by atoms with van der Waals surface area (Å²) in [5.74, 6) is 0. The van der Waals surface area contributed by atoms with Crippen LogP contribution >= 0.6 is 0 Å². The van der Waals surface area contributed by atoms with E-state index in [4.69, 9.17) is 0 Å². The van der Waals surface area contributed by atoms with Crippen LogP contribution in [0.2, 0.25) is 0 Å². The van der Waals surface area contributed by atoms with E-state index in [2.05, 4.69) is 23.2 Å². The lowest BCUT2D eigenvalue weighted by Crippen LogP contribution is -2.07. The fourth-order valence-corrected chi connectivity index (χ4v) is 2.39. The molecule has 2 heteroatoms. The van der Waals surface area contributed by atoms with Crippen LogP contribution in [0.5, 0.6) is 0 Å². The summed E-state index contributed by atoms with van der Waals surface area (Å²) in [6.45, 7) is 0. The van der Waals surface area contributed by atoms with E-state index in [1.165, 1.54) is 10.9 Å². The van der Waals surface area contributed by atoms with Crippen LogP contribution in [0.3, 0.4) is 0 Å². The van der Waals surface area contributed by atoms with Crippen molar-refractivity contribution in [1.82, 2.24) is 4.98 Å². The minimum atomic E-state index is -0.286. The molecule has 2 nitrogen and oxygen atoms in total. The maximum Gasteiger partial charge on any atom is 0.0941 e. The van der Waals surface area contributed by atoms with Crippen molar-refractivity contribution in [3.05, 3.63) is 35.5 Å². The fraction of sp³-hybridized carbons (Fsp3) is 0.333. The Balaban J connectivity index is 2.32. The standard InChI is InChI=1S/C12H13NO/c14-11-7-3-5-9-8-4-1-2-6-10(8)13-12(9)11/h1-2,4,6,11,13-14H,3,5,7H2. The van der Waals surface area contributed by atoms with E-state index in [-0.39, 0.29) is 6.10 Å². The van der Waals surface area contributed by atoms with Gasteiger partial charge in [-0.1, -0.05) is 18.2 Å². The Bertz CT molecular complexity index is 472. The number of para-hydroxylation sites is 1. The third kappa shape index (κ3) is 1.01. The number of fused-ring (bicyclic) bond motifs is 3. The molecule has 0 radical (unpaired) electrons. The van der Waals surface area contributed by atoms with Gasteiger partial charge in [-0.15, -0.1) is 0 Å². The number of aromatic amines is 1. The second-order valence-corrected chi connectivity index (χ2v) is 3.97. The average molecular weight is 187 g/mol. The lowest BCUT2D eigenvalue weighted by atomic mass is 9.94. The van der Waals surface area contributed by atoms with Crippen LogP contribution in [0.1, 0.15) is 30.2 Å². The van der Waals surface area contributed by atoms with Gasteiger partial charge in [0, 0.05) is 16.6 Å². The summed E-state index contributed by atoms with van der Waals surface area (Å²) in [4.78, 5) is 3.32. The van der Waals surface area contributed by atoms with Crippen molar-refractivity contribution >= 4 is 10.9 Å². The molecule has 0 saturated heterocycles. The number of H-pyrrole nitrogens is 1. The highest BCUT2D eigenvalue weighted by Gasteiger charge is 2.21. The van der Waals surface area contributed by atoms with Gasteiger partial charge in [-0.3, -0.25) is 0 Å². The summed E-state index contributed by atoms with van der Waals surface area (Å²) in [7, 11) is 0. The van der Waals surface area contributed by atoms with Crippen molar-refractivity contribution in [3.63, 3.8) is 0 Å². The van der Waals surface area contributed by atoms with Crippen LogP contribution in [0.4, 0.5) is 0 Å². The summed E-state index contributed by atoms with van der Waals surface area (Å²) in [6, 6.07) is 8.27. The Hall–Kier alpha value is -1.28. The fourth-order valence-electron chi connectivity index (χ4n) is 2.39. The smallest absolute Gasteiger partial charge is 0.0941 e. The van der Waals surface area contributed by atoms with Crippen molar-refractivity contribution in [2.75, 3.05) is 0 Å². The Morgan fingerprint density at radius 3 is 3.07 bits per heavy atom. The molecular weight excluding hydrogens is 174 g/mol. The van der Waals surface area contributed by atoms with Gasteiger partial charge in [-0.2, -0.15) is 0 Å². The van der Waals surface area contributed by atoms with E-state index in [9.17, 15) is 5.11 Å². The van der Waals surface area contributed by atoms with Gasteiger partial charge in [-0.25, -0.2) is 0 Å². The minimum absolute atomic E-state index is 0.286. The molecule has 2 aromatic rings. The Kier molecular flexibility index (Phi) is 1.64. The molecule has 0 saturated carbocycles. The van der Waals surface area contributed by atoms with E-state index in [0.717, 1.165) is 30.5 Å². The highest BCUT2D eigenvalue weighted by molar-refractivity contribution is 5.84. The van der Waals surface area contributed by atoms with Crippen LogP contribution in [-0.2, 0) is 6.42 Å². The summed E-state index contributed by atoms with van der Waals surface area (Å²) >= 11 is 0. The van der Waals surface area contributed by atoms with Gasteiger partial charge in [0.2, 0.25) is 0 Å². The number of aryl methyl sites for hydroxylation is 1. The highest BCUT2D eigenvalue weighted by atomic mass is 16.3. The Morgan fingerprint density at radius 2 is 2.14 bits per heavy atom. The van der Waals surface area contributed by atoms with Crippen LogP contribution in [0, 0.1) is 0 Å². The maximum absolute atomic E-state index is 9.83. The Labute approximate surface area is 82.6 Å². The summed E-state index contributed by atoms with van der Waals surface area (Å²) in [6.07, 6.45) is 2.79. The highest BCUT2D eigenvalue weighted by Crippen LogP contribution is 2.34. The average Bonchev–Trinajstić information content (AvgIpc) is 2.59. The second kappa shape index (κ2) is 2.85. The van der Waals surface area contributed by atoms with Gasteiger partial charge in [0.15, 0.2) is 0 Å². The van der Waals surface area contributed by atoms with Gasteiger partial charge in [0.25, 0.3) is 0 Å². The van der Waals surface area contributed by atoms with Crippen molar-refractivity contribution in [3.8, 4) is 0 Å². The molecule has 0 spiro atoms. The zero-order chi connectivity index (χ0) is 9.54. The quantitative estimate of drug-likeness (QED) is 0.653. The predicted octanol–water partition coefficient (Wildman–Crippen LogP) is 2.54. The summed E-state index contributed by atoms with van der Waals surface area (Å²) < 4.78 is 0. The predicted molar refractivity (Wildman–Crippen MR) is 56.2 cm³/mol. The first-order valence-electron chi connectivity index (χ1n) is 5.14. The Morgan fingerprint density at radius 1 is 1.29 bits per heavy atom. The van der Waals surface area contributed by atoms with Gasteiger partial charge in [-0.05, 0) is 30.9 Å². The number of nitrogens with one attached hydrogen (secondary N) is 1. The lowest BCUT2D eigenvalue weighted by molar-refractivity contribution is 0.153. The van der Waals surface area contributed by atoms with Crippen LogP contribution in [0.15, 0.2) is 24.3 Å². The van der Waals surface area contributed by atoms with Crippen LogP contribution < -0.4 is 0 Å². The molecule has 72 valence electrons. The van der Waals surface area contributed by atoms with E-state index in [0.29, 0.717) is 0 Å². The number of aliphatic hydroxyl groups excluding tert-OH is 1. The number of aromatic nitrogens is 1. The number of hydrogen-bond acceptors (Lipinski definition) is 1. The molecule has 1 atom stereocenters. The lowest BCUT2D eigenvalue weighted by Gasteiger charge is -2.17. The largest absolute Gasteiger partial charge is 0.387 e. The zero-order valence-electron chi connectivity index (χ0n) is 7.96. The number of aliphatic hydroxyl groups is 1. The van der Waals surface area contributed by atoms with Gasteiger partial charge in [0.05, 0.1) is 6.10 Å². The van der Waals surface area contributed by atoms with Crippen LogP contribution in [0.25, 0.3) is 10.9 Å². The van der Waals surface area contributed by atoms with E-state index >= 15 is 0 Å². The maximum atomic E-state index is 9.83. The monoisotopic (exact) mass is 187 g/mol. The molecule has 1 unspecified atom stereocenters. The first-order chi connectivity index (χ1) is 6.86. The molecule has 1 aromatic carbocycles. The first-order valence-corrected chi connectivity index (χ1v) is 5.14. The summed E-state index contributed by atoms with van der Waals surface area (Å²) in [5.41, 5.74) is 3.51. The van der Waals surface area contributed by atoms with Gasteiger partial charge in [0.1, 0.15) is 0 Å². The number of hydrogen-bond donors (Lipinski definition) is 2. The van der Waals surface area contributed by atoms with Crippen molar-refractivity contribution in [2.45, 2.75) is 25.4 Å². The third-order valence-corrected chi connectivity index (χ3v) is 3.08. The van der Waals surface area contributed by atoms with Gasteiger partial charge >= 0.3 is 0 Å². The van der Waals surface area contributed by atoms with Gasteiger partial charge < -0.3 is 10.1 Å². The molecule has 0 amide bonds. The molecule has 1 aliphatic rings. The van der Waals surface area contributed by atoms with Crippen molar-refractivity contribution in [2.24, 2.45) is 0 Å². The van der Waals surface area contributed by atoms with E-state index < -0.39 is 0 Å². The van der Waals surface area contributed by atoms with E-state index in [1.54, 1.807) is 0 Å². The van der Waals surface area contributed by atoms with E-state index in [1.807, 2.05) is 6.07 Å². The molecule has 0 fully saturated rings. The second-order valence-electron chi connectivity index (χ2n) is 3.97. The third-order valence-electron chi connectivity index (χ3n) is 3.08. The molecule has 1 aromatic heterocycles. The minimum Gasteiger partial charge on any atom is -0.387 e. The molecule has 14 heavy (non-hydrogen) atoms. The molecule has 1 aliphatic carbocycles. The molecule has 3 rings (SSSR count). The SMILES string of the molecule is OC1CCCc2c1[nH]c1ccccc21. The molecular formula is C12H13NO. The molecule has 2 N–H and O–H groups in total. The van der Waals surface area contributed by atoms with Crippen molar-refractivity contribution in [1.29, 1.82) is 0 Å².